The van der Waals surface area contributed by atoms with Crippen molar-refractivity contribution < 1.29 is 23.1 Å². The maximum Gasteiger partial charge on any atom is 0.259 e. The molecule has 160 valence electrons. The zero-order valence-corrected chi connectivity index (χ0v) is 17.5. The van der Waals surface area contributed by atoms with Crippen molar-refractivity contribution in [1.29, 1.82) is 0 Å². The van der Waals surface area contributed by atoms with Crippen LogP contribution in [0.1, 0.15) is 23.2 Å². The largest absolute Gasteiger partial charge is 0.506 e. The van der Waals surface area contributed by atoms with Gasteiger partial charge in [-0.25, -0.2) is 8.42 Å². The number of hydrogen-bond acceptors (Lipinski definition) is 5. The highest BCUT2D eigenvalue weighted by atomic mass is 32.2. The van der Waals surface area contributed by atoms with Crippen molar-refractivity contribution in [3.63, 3.8) is 0 Å². The molecular weight excluding hydrogens is 416 g/mol. The molecule has 1 amide bonds. The van der Waals surface area contributed by atoms with Crippen molar-refractivity contribution >= 4 is 21.6 Å². The van der Waals surface area contributed by atoms with Crippen LogP contribution in [0.4, 0.5) is 5.69 Å². The minimum Gasteiger partial charge on any atom is -0.506 e. The first-order chi connectivity index (χ1) is 14.9. The first kappa shape index (κ1) is 20.9. The Morgan fingerprint density at radius 1 is 0.935 bits per heavy atom. The van der Waals surface area contributed by atoms with Crippen LogP contribution in [-0.2, 0) is 10.0 Å². The lowest BCUT2D eigenvalue weighted by atomic mass is 10.1. The van der Waals surface area contributed by atoms with Crippen LogP contribution in [0, 0.1) is 0 Å². The van der Waals surface area contributed by atoms with E-state index in [2.05, 4.69) is 5.32 Å². The zero-order chi connectivity index (χ0) is 21.8. The molecular formula is C23H22N2O5S. The number of para-hydroxylation sites is 2. The summed E-state index contributed by atoms with van der Waals surface area (Å²) in [6, 6.07) is 19.6. The van der Waals surface area contributed by atoms with Crippen LogP contribution in [0.5, 0.6) is 17.2 Å². The molecule has 0 radical (unpaired) electrons. The minimum atomic E-state index is -3.68. The first-order valence-corrected chi connectivity index (χ1v) is 11.4. The number of anilines is 1. The molecule has 0 unspecified atom stereocenters. The van der Waals surface area contributed by atoms with Gasteiger partial charge in [0.2, 0.25) is 10.0 Å². The fourth-order valence-electron chi connectivity index (χ4n) is 3.40. The van der Waals surface area contributed by atoms with Gasteiger partial charge in [-0.15, -0.1) is 0 Å². The number of ether oxygens (including phenoxy) is 1. The van der Waals surface area contributed by atoms with Gasteiger partial charge in [-0.05, 0) is 55.3 Å². The summed E-state index contributed by atoms with van der Waals surface area (Å²) in [5.41, 5.74) is 0.262. The predicted octanol–water partition coefficient (Wildman–Crippen LogP) is 4.22. The van der Waals surface area contributed by atoms with Gasteiger partial charge in [0, 0.05) is 13.1 Å². The smallest absolute Gasteiger partial charge is 0.259 e. The molecule has 0 aliphatic carbocycles. The molecule has 2 N–H and O–H groups in total. The molecule has 0 bridgehead atoms. The van der Waals surface area contributed by atoms with Crippen molar-refractivity contribution in [3.05, 3.63) is 78.4 Å². The van der Waals surface area contributed by atoms with Crippen molar-refractivity contribution in [2.75, 3.05) is 18.4 Å². The Morgan fingerprint density at radius 3 is 2.35 bits per heavy atom. The van der Waals surface area contributed by atoms with Gasteiger partial charge in [0.1, 0.15) is 17.2 Å². The quantitative estimate of drug-likeness (QED) is 0.562. The highest BCUT2D eigenvalue weighted by molar-refractivity contribution is 7.89. The lowest BCUT2D eigenvalue weighted by Crippen LogP contribution is -2.28. The number of carbonyl (C=O) groups is 1. The number of amides is 1. The summed E-state index contributed by atoms with van der Waals surface area (Å²) in [7, 11) is -3.68. The topological polar surface area (TPSA) is 95.9 Å². The van der Waals surface area contributed by atoms with E-state index >= 15 is 0 Å². The van der Waals surface area contributed by atoms with Gasteiger partial charge in [-0.1, -0.05) is 30.3 Å². The van der Waals surface area contributed by atoms with Gasteiger partial charge in [-0.3, -0.25) is 4.79 Å². The van der Waals surface area contributed by atoms with E-state index in [1.54, 1.807) is 36.4 Å². The maximum absolute atomic E-state index is 12.9. The normalized spacial score (nSPS) is 14.3. The van der Waals surface area contributed by atoms with Crippen LogP contribution in [0.3, 0.4) is 0 Å². The number of sulfonamides is 1. The highest BCUT2D eigenvalue weighted by Crippen LogP contribution is 2.31. The van der Waals surface area contributed by atoms with E-state index in [0.29, 0.717) is 24.6 Å². The Hall–Kier alpha value is -3.36. The van der Waals surface area contributed by atoms with Gasteiger partial charge in [0.05, 0.1) is 16.1 Å². The molecule has 1 aliphatic heterocycles. The van der Waals surface area contributed by atoms with E-state index in [4.69, 9.17) is 4.74 Å². The molecule has 0 atom stereocenters. The lowest BCUT2D eigenvalue weighted by molar-refractivity contribution is 0.102. The summed E-state index contributed by atoms with van der Waals surface area (Å²) in [6.07, 6.45) is 1.64. The third kappa shape index (κ3) is 4.55. The SMILES string of the molecule is O=C(Nc1cc(S(=O)(=O)N2CCCC2)ccc1O)c1ccccc1Oc1ccccc1. The number of benzene rings is 3. The number of nitrogens with one attached hydrogen (secondary N) is 1. The summed E-state index contributed by atoms with van der Waals surface area (Å²) < 4.78 is 32.9. The molecule has 1 aliphatic rings. The molecule has 1 saturated heterocycles. The third-order valence-corrected chi connectivity index (χ3v) is 6.92. The number of hydrogen-bond donors (Lipinski definition) is 2. The molecule has 1 fully saturated rings. The Labute approximate surface area is 181 Å². The average molecular weight is 439 g/mol. The van der Waals surface area contributed by atoms with E-state index in [9.17, 15) is 18.3 Å². The van der Waals surface area contributed by atoms with Crippen LogP contribution in [0.25, 0.3) is 0 Å². The number of carbonyl (C=O) groups excluding carboxylic acids is 1. The van der Waals surface area contributed by atoms with E-state index in [-0.39, 0.29) is 21.9 Å². The lowest BCUT2D eigenvalue weighted by Gasteiger charge is -2.17. The number of phenols is 1. The highest BCUT2D eigenvalue weighted by Gasteiger charge is 2.28. The summed E-state index contributed by atoms with van der Waals surface area (Å²) in [4.78, 5) is 13.0. The fraction of sp³-hybridized carbons (Fsp3) is 0.174. The van der Waals surface area contributed by atoms with Crippen LogP contribution in [0.2, 0.25) is 0 Å². The second-order valence-electron chi connectivity index (χ2n) is 7.16. The standard InChI is InChI=1S/C23H22N2O5S/c26-21-13-12-18(31(28,29)25-14-6-7-15-25)16-20(21)24-23(27)19-10-4-5-11-22(19)30-17-8-2-1-3-9-17/h1-5,8-13,16,26H,6-7,14-15H2,(H,24,27). The van der Waals surface area contributed by atoms with E-state index in [1.807, 2.05) is 18.2 Å². The predicted molar refractivity (Wildman–Crippen MR) is 117 cm³/mol. The number of rotatable bonds is 6. The average Bonchev–Trinajstić information content (AvgIpc) is 3.32. The Balaban J connectivity index is 1.59. The number of phenolic OH excluding ortho intramolecular Hbond substituents is 1. The Bertz CT molecular complexity index is 1190. The molecule has 0 aromatic heterocycles. The monoisotopic (exact) mass is 438 g/mol. The maximum atomic E-state index is 12.9. The molecule has 3 aromatic rings. The molecule has 4 rings (SSSR count). The second kappa shape index (κ2) is 8.79. The molecule has 31 heavy (non-hydrogen) atoms. The van der Waals surface area contributed by atoms with Crippen LogP contribution < -0.4 is 10.1 Å². The minimum absolute atomic E-state index is 0.0137. The molecule has 7 nitrogen and oxygen atoms in total. The molecule has 1 heterocycles. The van der Waals surface area contributed by atoms with Gasteiger partial charge in [-0.2, -0.15) is 4.31 Å². The van der Waals surface area contributed by atoms with Crippen molar-refractivity contribution in [1.82, 2.24) is 4.31 Å². The van der Waals surface area contributed by atoms with Gasteiger partial charge >= 0.3 is 0 Å². The summed E-state index contributed by atoms with van der Waals surface area (Å²) >= 11 is 0. The van der Waals surface area contributed by atoms with Gasteiger partial charge < -0.3 is 15.2 Å². The van der Waals surface area contributed by atoms with Crippen molar-refractivity contribution in [2.45, 2.75) is 17.7 Å². The summed E-state index contributed by atoms with van der Waals surface area (Å²) in [6.45, 7) is 0.935. The van der Waals surface area contributed by atoms with Gasteiger partial charge in [0.15, 0.2) is 0 Å². The third-order valence-electron chi connectivity index (χ3n) is 5.02. The van der Waals surface area contributed by atoms with E-state index in [1.165, 1.54) is 22.5 Å². The van der Waals surface area contributed by atoms with Crippen molar-refractivity contribution in [3.8, 4) is 17.2 Å². The van der Waals surface area contributed by atoms with Crippen molar-refractivity contribution in [2.24, 2.45) is 0 Å². The zero-order valence-electron chi connectivity index (χ0n) is 16.7. The molecule has 0 spiro atoms. The number of nitrogens with zero attached hydrogens (tertiary/aromatic N) is 1. The molecule has 0 saturated carbocycles. The van der Waals surface area contributed by atoms with Crippen LogP contribution >= 0.6 is 0 Å². The summed E-state index contributed by atoms with van der Waals surface area (Å²) in [5, 5.41) is 12.8. The molecule has 3 aromatic carbocycles. The molecule has 8 heteroatoms. The fourth-order valence-corrected chi connectivity index (χ4v) is 4.95. The van der Waals surface area contributed by atoms with E-state index in [0.717, 1.165) is 12.8 Å². The second-order valence-corrected chi connectivity index (χ2v) is 9.09. The number of aromatic hydroxyl groups is 1. The van der Waals surface area contributed by atoms with E-state index < -0.39 is 15.9 Å². The Kier molecular flexibility index (Phi) is 5.92. The van der Waals surface area contributed by atoms with Crippen LogP contribution in [0.15, 0.2) is 77.7 Å². The van der Waals surface area contributed by atoms with Crippen LogP contribution in [-0.4, -0.2) is 36.8 Å². The first-order valence-electron chi connectivity index (χ1n) is 9.91. The van der Waals surface area contributed by atoms with Gasteiger partial charge in [0.25, 0.3) is 5.91 Å². The Morgan fingerprint density at radius 2 is 1.61 bits per heavy atom. The summed E-state index contributed by atoms with van der Waals surface area (Å²) in [5.74, 6) is 0.156.